The van der Waals surface area contributed by atoms with Crippen molar-refractivity contribution in [2.24, 2.45) is 11.8 Å². The van der Waals surface area contributed by atoms with Crippen LogP contribution in [0, 0.1) is 11.8 Å². The van der Waals surface area contributed by atoms with Gasteiger partial charge in [-0.2, -0.15) is 0 Å². The molecular weight excluding hydrogens is 250 g/mol. The van der Waals surface area contributed by atoms with Gasteiger partial charge in [0, 0.05) is 13.0 Å². The summed E-state index contributed by atoms with van der Waals surface area (Å²) in [6.45, 7) is 2.81. The molecule has 3 nitrogen and oxygen atoms in total. The van der Waals surface area contributed by atoms with Crippen molar-refractivity contribution in [2.45, 2.75) is 52.2 Å². The summed E-state index contributed by atoms with van der Waals surface area (Å²) < 4.78 is 0. The largest absolute Gasteiger partial charge is 0.392 e. The van der Waals surface area contributed by atoms with Gasteiger partial charge in [0.15, 0.2) is 0 Å². The molecule has 1 saturated carbocycles. The lowest BCUT2D eigenvalue weighted by atomic mass is 9.81. The molecule has 0 saturated heterocycles. The van der Waals surface area contributed by atoms with E-state index in [9.17, 15) is 9.90 Å². The van der Waals surface area contributed by atoms with Gasteiger partial charge in [-0.05, 0) is 35.8 Å². The third kappa shape index (κ3) is 4.34. The van der Waals surface area contributed by atoms with Crippen LogP contribution in [-0.2, 0) is 17.9 Å². The summed E-state index contributed by atoms with van der Waals surface area (Å²) in [6, 6.07) is 7.68. The van der Waals surface area contributed by atoms with E-state index in [2.05, 4.69) is 12.2 Å². The molecule has 2 unspecified atom stereocenters. The minimum atomic E-state index is 0.0200. The first kappa shape index (κ1) is 15.0. The molecule has 0 bridgehead atoms. The van der Waals surface area contributed by atoms with E-state index < -0.39 is 0 Å². The number of carbonyl (C=O) groups is 1. The Morgan fingerprint density at radius 2 is 2.05 bits per heavy atom. The predicted octanol–water partition coefficient (Wildman–Crippen LogP) is 3.01. The van der Waals surface area contributed by atoms with Gasteiger partial charge in [0.1, 0.15) is 0 Å². The first-order valence-corrected chi connectivity index (χ1v) is 7.63. The minimum Gasteiger partial charge on any atom is -0.392 e. The average Bonchev–Trinajstić information content (AvgIpc) is 2.45. The van der Waals surface area contributed by atoms with E-state index in [1.54, 1.807) is 0 Å². The van der Waals surface area contributed by atoms with E-state index in [0.717, 1.165) is 17.0 Å². The maximum atomic E-state index is 12.0. The Morgan fingerprint density at radius 3 is 2.75 bits per heavy atom. The topological polar surface area (TPSA) is 49.3 Å². The normalized spacial score (nSPS) is 22.5. The van der Waals surface area contributed by atoms with Crippen LogP contribution in [0.1, 0.15) is 50.2 Å². The highest BCUT2D eigenvalue weighted by Gasteiger charge is 2.21. The number of aliphatic hydroxyl groups excluding tert-OH is 1. The molecule has 1 aromatic rings. The van der Waals surface area contributed by atoms with Crippen molar-refractivity contribution in [3.63, 3.8) is 0 Å². The van der Waals surface area contributed by atoms with E-state index in [-0.39, 0.29) is 12.5 Å². The molecule has 0 aliphatic heterocycles. The van der Waals surface area contributed by atoms with Gasteiger partial charge in [0.05, 0.1) is 6.61 Å². The highest BCUT2D eigenvalue weighted by molar-refractivity contribution is 5.76. The van der Waals surface area contributed by atoms with Crippen LogP contribution >= 0.6 is 0 Å². The molecule has 0 aromatic heterocycles. The zero-order chi connectivity index (χ0) is 14.4. The first-order chi connectivity index (χ1) is 9.69. The highest BCUT2D eigenvalue weighted by Crippen LogP contribution is 2.30. The maximum Gasteiger partial charge on any atom is 0.220 e. The molecule has 110 valence electrons. The number of hydrogen-bond donors (Lipinski definition) is 2. The van der Waals surface area contributed by atoms with Gasteiger partial charge in [-0.1, -0.05) is 44.0 Å². The van der Waals surface area contributed by atoms with Gasteiger partial charge >= 0.3 is 0 Å². The number of rotatable bonds is 5. The summed E-state index contributed by atoms with van der Waals surface area (Å²) in [6.07, 6.45) is 5.58. The molecular formula is C17H25NO2. The molecule has 1 amide bonds. The van der Waals surface area contributed by atoms with E-state index in [1.165, 1.54) is 25.7 Å². The number of amides is 1. The lowest BCUT2D eigenvalue weighted by molar-refractivity contribution is -0.122. The average molecular weight is 275 g/mol. The molecule has 0 radical (unpaired) electrons. The smallest absolute Gasteiger partial charge is 0.220 e. The minimum absolute atomic E-state index is 0.0200. The fourth-order valence-corrected chi connectivity index (χ4v) is 3.16. The summed E-state index contributed by atoms with van der Waals surface area (Å²) >= 11 is 0. The highest BCUT2D eigenvalue weighted by atomic mass is 16.3. The van der Waals surface area contributed by atoms with Crippen LogP contribution in [0.15, 0.2) is 24.3 Å². The van der Waals surface area contributed by atoms with Crippen LogP contribution < -0.4 is 5.32 Å². The third-order valence-electron chi connectivity index (χ3n) is 4.28. The number of aliphatic hydroxyl groups is 1. The van der Waals surface area contributed by atoms with Crippen LogP contribution in [0.3, 0.4) is 0 Å². The van der Waals surface area contributed by atoms with Crippen LogP contribution in [0.4, 0.5) is 0 Å². The monoisotopic (exact) mass is 275 g/mol. The Morgan fingerprint density at radius 1 is 1.30 bits per heavy atom. The number of benzene rings is 1. The molecule has 1 aromatic carbocycles. The second kappa shape index (κ2) is 7.44. The Labute approximate surface area is 121 Å². The van der Waals surface area contributed by atoms with Crippen LogP contribution in [0.5, 0.6) is 0 Å². The molecule has 3 heteroatoms. The van der Waals surface area contributed by atoms with E-state index in [1.807, 2.05) is 24.3 Å². The summed E-state index contributed by atoms with van der Waals surface area (Å²) in [5.74, 6) is 1.44. The molecule has 2 rings (SSSR count). The summed E-state index contributed by atoms with van der Waals surface area (Å²) in [5, 5.41) is 12.2. The number of hydrogen-bond acceptors (Lipinski definition) is 2. The number of carbonyl (C=O) groups excluding carboxylic acids is 1. The van der Waals surface area contributed by atoms with Crippen molar-refractivity contribution < 1.29 is 9.90 Å². The molecule has 20 heavy (non-hydrogen) atoms. The zero-order valence-electron chi connectivity index (χ0n) is 12.3. The van der Waals surface area contributed by atoms with Crippen molar-refractivity contribution in [3.8, 4) is 0 Å². The third-order valence-corrected chi connectivity index (χ3v) is 4.28. The van der Waals surface area contributed by atoms with Crippen LogP contribution in [-0.4, -0.2) is 11.0 Å². The van der Waals surface area contributed by atoms with Crippen molar-refractivity contribution in [2.75, 3.05) is 0 Å². The van der Waals surface area contributed by atoms with E-state index in [0.29, 0.717) is 18.9 Å². The SMILES string of the molecule is CC1CCCC(CC(=O)NCc2ccccc2CO)C1. The van der Waals surface area contributed by atoms with Crippen molar-refractivity contribution in [1.29, 1.82) is 0 Å². The van der Waals surface area contributed by atoms with E-state index in [4.69, 9.17) is 0 Å². The zero-order valence-corrected chi connectivity index (χ0v) is 12.3. The fraction of sp³-hybridized carbons (Fsp3) is 0.588. The molecule has 0 spiro atoms. The Balaban J connectivity index is 1.80. The lowest BCUT2D eigenvalue weighted by Gasteiger charge is -2.26. The molecule has 0 heterocycles. The second-order valence-electron chi connectivity index (χ2n) is 6.05. The molecule has 2 atom stereocenters. The van der Waals surface area contributed by atoms with Crippen molar-refractivity contribution >= 4 is 5.91 Å². The van der Waals surface area contributed by atoms with Gasteiger partial charge in [0.2, 0.25) is 5.91 Å². The van der Waals surface area contributed by atoms with Crippen LogP contribution in [0.2, 0.25) is 0 Å². The van der Waals surface area contributed by atoms with Crippen LogP contribution in [0.25, 0.3) is 0 Å². The van der Waals surface area contributed by atoms with Crippen molar-refractivity contribution in [1.82, 2.24) is 5.32 Å². The number of nitrogens with one attached hydrogen (secondary N) is 1. The fourth-order valence-electron chi connectivity index (χ4n) is 3.16. The van der Waals surface area contributed by atoms with Gasteiger partial charge in [-0.25, -0.2) is 0 Å². The van der Waals surface area contributed by atoms with Gasteiger partial charge in [-0.3, -0.25) is 4.79 Å². The Bertz CT molecular complexity index is 444. The van der Waals surface area contributed by atoms with E-state index >= 15 is 0 Å². The molecule has 2 N–H and O–H groups in total. The quantitative estimate of drug-likeness (QED) is 0.868. The standard InChI is InChI=1S/C17H25NO2/c1-13-5-4-6-14(9-13)10-17(20)18-11-15-7-2-3-8-16(15)12-19/h2-3,7-8,13-14,19H,4-6,9-12H2,1H3,(H,18,20). The molecule has 1 aliphatic carbocycles. The molecule has 1 aliphatic rings. The van der Waals surface area contributed by atoms with Gasteiger partial charge < -0.3 is 10.4 Å². The summed E-state index contributed by atoms with van der Waals surface area (Å²) in [7, 11) is 0. The lowest BCUT2D eigenvalue weighted by Crippen LogP contribution is -2.27. The Kier molecular flexibility index (Phi) is 5.60. The van der Waals surface area contributed by atoms with Gasteiger partial charge in [-0.15, -0.1) is 0 Å². The predicted molar refractivity (Wildman–Crippen MR) is 80.0 cm³/mol. The summed E-state index contributed by atoms with van der Waals surface area (Å²) in [5.41, 5.74) is 1.89. The summed E-state index contributed by atoms with van der Waals surface area (Å²) in [4.78, 5) is 12.0. The van der Waals surface area contributed by atoms with Crippen molar-refractivity contribution in [3.05, 3.63) is 35.4 Å². The Hall–Kier alpha value is -1.35. The first-order valence-electron chi connectivity index (χ1n) is 7.63. The molecule has 1 fully saturated rings. The van der Waals surface area contributed by atoms with Gasteiger partial charge in [0.25, 0.3) is 0 Å². The second-order valence-corrected chi connectivity index (χ2v) is 6.05. The maximum absolute atomic E-state index is 12.0.